The van der Waals surface area contributed by atoms with E-state index in [4.69, 9.17) is 37.7 Å². The monoisotopic (exact) mass is 705 g/mol. The molecule has 256 valence electrons. The fourth-order valence-electron chi connectivity index (χ4n) is 6.08. The highest BCUT2D eigenvalue weighted by molar-refractivity contribution is 6.39. The molecule has 0 radical (unpaired) electrons. The van der Waals surface area contributed by atoms with E-state index in [1.54, 1.807) is 50.7 Å². The molecule has 2 amide bonds. The minimum absolute atomic E-state index is 0.0812. The Morgan fingerprint density at radius 2 is 1.92 bits per heavy atom. The molecule has 2 saturated heterocycles. The van der Waals surface area contributed by atoms with Crippen molar-refractivity contribution in [3.63, 3.8) is 0 Å². The Hall–Kier alpha value is -4.33. The Kier molecular flexibility index (Phi) is 10.9. The number of amides is 2. The molecule has 6 rings (SSSR count). The molecule has 0 spiro atoms. The van der Waals surface area contributed by atoms with E-state index in [9.17, 15) is 14.7 Å². The molecular weight excluding hydrogens is 669 g/mol. The van der Waals surface area contributed by atoms with Crippen LogP contribution in [0.3, 0.4) is 0 Å². The van der Waals surface area contributed by atoms with Crippen molar-refractivity contribution < 1.29 is 24.2 Å². The summed E-state index contributed by atoms with van der Waals surface area (Å²) in [6, 6.07) is 12.6. The van der Waals surface area contributed by atoms with Crippen molar-refractivity contribution >= 4 is 40.7 Å². The molecule has 14 heteroatoms. The normalized spacial score (nSPS) is 17.6. The topological polar surface area (TPSA) is 151 Å². The number of carbonyl (C=O) groups excluding carboxylic acids is 2. The summed E-state index contributed by atoms with van der Waals surface area (Å²) in [4.78, 5) is 40.5. The molecule has 2 atom stereocenters. The van der Waals surface area contributed by atoms with Crippen molar-refractivity contribution in [2.24, 2.45) is 0 Å². The van der Waals surface area contributed by atoms with E-state index in [2.05, 4.69) is 30.8 Å². The lowest BCUT2D eigenvalue weighted by atomic mass is 10.1. The van der Waals surface area contributed by atoms with Crippen LogP contribution in [0.25, 0.3) is 22.5 Å². The molecule has 0 bridgehead atoms. The van der Waals surface area contributed by atoms with Crippen LogP contribution in [0.4, 0.5) is 5.69 Å². The number of benzene rings is 1. The molecule has 2 fully saturated rings. The number of likely N-dealkylation sites (tertiary alicyclic amines) is 1. The maximum Gasteiger partial charge on any atom is 0.274 e. The Bertz CT molecular complexity index is 1860. The van der Waals surface area contributed by atoms with Crippen LogP contribution >= 0.6 is 23.2 Å². The van der Waals surface area contributed by atoms with Crippen LogP contribution in [-0.4, -0.2) is 82.8 Å². The molecule has 3 aromatic heterocycles. The number of nitrogens with one attached hydrogen (secondary N) is 3. The van der Waals surface area contributed by atoms with Gasteiger partial charge in [-0.05, 0) is 37.1 Å². The number of ether oxygens (including phenoxy) is 2. The van der Waals surface area contributed by atoms with Gasteiger partial charge in [-0.3, -0.25) is 19.5 Å². The summed E-state index contributed by atoms with van der Waals surface area (Å²) in [6.07, 6.45) is 4.86. The lowest BCUT2D eigenvalue weighted by Crippen LogP contribution is -2.35. The highest BCUT2D eigenvalue weighted by Gasteiger charge is 2.24. The van der Waals surface area contributed by atoms with Crippen molar-refractivity contribution in [1.29, 1.82) is 0 Å². The third kappa shape index (κ3) is 7.95. The Morgan fingerprint density at radius 1 is 1.06 bits per heavy atom. The first-order valence-corrected chi connectivity index (χ1v) is 16.7. The molecule has 4 N–H and O–H groups in total. The molecule has 1 aromatic carbocycles. The average molecular weight is 707 g/mol. The fraction of sp³-hybridized carbons (Fsp3) is 0.343. The second kappa shape index (κ2) is 15.5. The van der Waals surface area contributed by atoms with Gasteiger partial charge < -0.3 is 30.5 Å². The van der Waals surface area contributed by atoms with E-state index in [0.29, 0.717) is 83.9 Å². The third-order valence-corrected chi connectivity index (χ3v) is 9.42. The molecule has 2 unspecified atom stereocenters. The molecule has 0 aliphatic carbocycles. The summed E-state index contributed by atoms with van der Waals surface area (Å²) in [5.74, 6) is 0.646. The van der Waals surface area contributed by atoms with Gasteiger partial charge in [0.15, 0.2) is 0 Å². The number of nitrogens with zero attached hydrogens (tertiary/aromatic N) is 4. The third-order valence-electron chi connectivity index (χ3n) is 8.63. The zero-order chi connectivity index (χ0) is 34.5. The van der Waals surface area contributed by atoms with E-state index in [-0.39, 0.29) is 28.8 Å². The van der Waals surface area contributed by atoms with Crippen molar-refractivity contribution in [2.75, 3.05) is 39.2 Å². The average Bonchev–Trinajstić information content (AvgIpc) is 3.72. The summed E-state index contributed by atoms with van der Waals surface area (Å²) < 4.78 is 11.1. The van der Waals surface area contributed by atoms with Crippen molar-refractivity contribution in [3.05, 3.63) is 81.7 Å². The van der Waals surface area contributed by atoms with Crippen LogP contribution in [0, 0.1) is 0 Å². The van der Waals surface area contributed by atoms with Gasteiger partial charge in [-0.15, -0.1) is 0 Å². The molecule has 49 heavy (non-hydrogen) atoms. The number of carbonyl (C=O) groups is 2. The number of hydrogen-bond acceptors (Lipinski definition) is 10. The zero-order valence-corrected chi connectivity index (χ0v) is 28.6. The Balaban J connectivity index is 1.20. The summed E-state index contributed by atoms with van der Waals surface area (Å²) in [6.45, 7) is 3.00. The number of aliphatic hydroxyl groups is 1. The predicted molar refractivity (Wildman–Crippen MR) is 187 cm³/mol. The van der Waals surface area contributed by atoms with Crippen LogP contribution < -0.4 is 25.4 Å². The van der Waals surface area contributed by atoms with Gasteiger partial charge in [-0.1, -0.05) is 41.4 Å². The first-order valence-electron chi connectivity index (χ1n) is 16.0. The minimum Gasteiger partial charge on any atom is -0.495 e. The Morgan fingerprint density at radius 3 is 2.65 bits per heavy atom. The highest BCUT2D eigenvalue weighted by Crippen LogP contribution is 2.40. The first-order chi connectivity index (χ1) is 23.7. The maximum atomic E-state index is 13.4. The van der Waals surface area contributed by atoms with Gasteiger partial charge in [0.2, 0.25) is 11.8 Å². The van der Waals surface area contributed by atoms with E-state index in [1.165, 1.54) is 6.20 Å². The van der Waals surface area contributed by atoms with Gasteiger partial charge in [0.05, 0.1) is 53.6 Å². The standard InChI is InChI=1S/C35H37Cl2N7O5/c1-48-29-17-40-28(14-21(29)18-44-13-11-23(45)19-44)34(47)42-27-5-3-4-25(31(27)36)33-32(37)24(10-12-39-33)26-8-6-20(35(43-26)49-2)15-38-16-22-7-9-30(46)41-22/h3-6,8,10,12,14,17,22-23,38,45H,7,9,11,13,15-16,18-19H2,1-2H3,(H,41,46)(H,42,47). The van der Waals surface area contributed by atoms with Gasteiger partial charge in [0.25, 0.3) is 5.91 Å². The molecular formula is C35H37Cl2N7O5. The molecule has 2 aliphatic rings. The quantitative estimate of drug-likeness (QED) is 0.163. The number of anilines is 1. The van der Waals surface area contributed by atoms with Crippen LogP contribution in [-0.2, 0) is 17.9 Å². The number of aromatic nitrogens is 3. The molecule has 0 saturated carbocycles. The predicted octanol–water partition coefficient (Wildman–Crippen LogP) is 4.72. The second-order valence-electron chi connectivity index (χ2n) is 12.0. The number of methoxy groups -OCH3 is 2. The van der Waals surface area contributed by atoms with Crippen LogP contribution in [0.1, 0.15) is 40.9 Å². The highest BCUT2D eigenvalue weighted by atomic mass is 35.5. The lowest BCUT2D eigenvalue weighted by molar-refractivity contribution is -0.119. The second-order valence-corrected chi connectivity index (χ2v) is 12.8. The summed E-state index contributed by atoms with van der Waals surface area (Å²) in [7, 11) is 3.12. The minimum atomic E-state index is -0.448. The Labute approximate surface area is 294 Å². The van der Waals surface area contributed by atoms with Gasteiger partial charge in [-0.2, -0.15) is 0 Å². The molecule has 5 heterocycles. The van der Waals surface area contributed by atoms with Crippen LogP contribution in [0.2, 0.25) is 10.0 Å². The summed E-state index contributed by atoms with van der Waals surface area (Å²) in [5, 5.41) is 19.7. The first kappa shape index (κ1) is 34.5. The van der Waals surface area contributed by atoms with Gasteiger partial charge >= 0.3 is 0 Å². The van der Waals surface area contributed by atoms with Crippen molar-refractivity contribution in [3.8, 4) is 34.1 Å². The van der Waals surface area contributed by atoms with Crippen molar-refractivity contribution in [2.45, 2.75) is 44.5 Å². The number of hydrogen-bond donors (Lipinski definition) is 4. The van der Waals surface area contributed by atoms with Crippen LogP contribution in [0.5, 0.6) is 11.6 Å². The molecule has 2 aliphatic heterocycles. The van der Waals surface area contributed by atoms with Gasteiger partial charge in [-0.25, -0.2) is 9.97 Å². The number of halogens is 2. The smallest absolute Gasteiger partial charge is 0.274 e. The lowest BCUT2D eigenvalue weighted by Gasteiger charge is -2.18. The van der Waals surface area contributed by atoms with Gasteiger partial charge in [0.1, 0.15) is 11.4 Å². The molecule has 12 nitrogen and oxygen atoms in total. The van der Waals surface area contributed by atoms with E-state index in [0.717, 1.165) is 24.1 Å². The number of β-amino-alcohol motifs (C(OH)–C–C–N with tert-alkyl or cyclic N) is 1. The van der Waals surface area contributed by atoms with Crippen LogP contribution in [0.15, 0.2) is 54.9 Å². The van der Waals surface area contributed by atoms with E-state index >= 15 is 0 Å². The maximum absolute atomic E-state index is 13.4. The van der Waals surface area contributed by atoms with Gasteiger partial charge in [0, 0.05) is 73.6 Å². The van der Waals surface area contributed by atoms with Crippen molar-refractivity contribution in [1.82, 2.24) is 30.5 Å². The SMILES string of the molecule is COc1cnc(C(=O)Nc2cccc(-c3nccc(-c4ccc(CNCC5CCC(=O)N5)c(OC)n4)c3Cl)c2Cl)cc1CN1CCC(O)C1. The van der Waals surface area contributed by atoms with E-state index < -0.39 is 5.91 Å². The largest absolute Gasteiger partial charge is 0.495 e. The van der Waals surface area contributed by atoms with E-state index in [1.807, 2.05) is 12.1 Å². The number of aliphatic hydroxyl groups excluding tert-OH is 1. The summed E-state index contributed by atoms with van der Waals surface area (Å²) in [5.41, 5.74) is 4.37. The molecule has 4 aromatic rings. The zero-order valence-electron chi connectivity index (χ0n) is 27.1. The number of pyridine rings is 3. The fourth-order valence-corrected chi connectivity index (χ4v) is 6.66. The summed E-state index contributed by atoms with van der Waals surface area (Å²) >= 11 is 13.8. The number of rotatable bonds is 12.